The Labute approximate surface area is 116 Å². The Balaban J connectivity index is 0.000000873. The van der Waals surface area contributed by atoms with Crippen molar-refractivity contribution in [2.45, 2.75) is 79.0 Å². The molecule has 0 saturated carbocycles. The van der Waals surface area contributed by atoms with Crippen molar-refractivity contribution in [1.82, 2.24) is 0 Å². The fourth-order valence-corrected chi connectivity index (χ4v) is 1.66. The Morgan fingerprint density at radius 1 is 1.17 bits per heavy atom. The van der Waals surface area contributed by atoms with Crippen molar-refractivity contribution < 1.29 is 0 Å². The SMILES string of the molecule is CCC.[B]C(C)(C)C(C)(C)CCC1=CC=CCC1. The largest absolute Gasteiger partial charge is 0.0842 e. The Morgan fingerprint density at radius 3 is 2.11 bits per heavy atom. The first-order chi connectivity index (χ1) is 8.24. The van der Waals surface area contributed by atoms with Gasteiger partial charge in [-0.15, -0.1) is 0 Å². The minimum atomic E-state index is -0.0991. The third kappa shape index (κ3) is 6.47. The molecule has 1 heteroatoms. The fourth-order valence-electron chi connectivity index (χ4n) is 1.66. The summed E-state index contributed by atoms with van der Waals surface area (Å²) in [7, 11) is 6.20. The first-order valence-corrected chi connectivity index (χ1v) is 7.38. The van der Waals surface area contributed by atoms with Gasteiger partial charge in [0.25, 0.3) is 0 Å². The molecule has 0 saturated heterocycles. The van der Waals surface area contributed by atoms with Gasteiger partial charge in [0.1, 0.15) is 0 Å². The van der Waals surface area contributed by atoms with E-state index < -0.39 is 0 Å². The lowest BCUT2D eigenvalue weighted by atomic mass is 9.54. The minimum Gasteiger partial charge on any atom is -0.0842 e. The number of hydrogen-bond donors (Lipinski definition) is 0. The number of allylic oxidation sites excluding steroid dienone is 4. The summed E-state index contributed by atoms with van der Waals surface area (Å²) in [5.74, 6) is 0. The van der Waals surface area contributed by atoms with Gasteiger partial charge in [0.2, 0.25) is 0 Å². The molecule has 0 spiro atoms. The smallest absolute Gasteiger partial charge is 0.0746 e. The van der Waals surface area contributed by atoms with Crippen molar-refractivity contribution >= 4 is 7.85 Å². The minimum absolute atomic E-state index is 0.0991. The highest BCUT2D eigenvalue weighted by Gasteiger charge is 2.31. The van der Waals surface area contributed by atoms with E-state index in [0.717, 1.165) is 0 Å². The Hall–Kier alpha value is -0.455. The molecule has 1 rings (SSSR count). The molecule has 18 heavy (non-hydrogen) atoms. The van der Waals surface area contributed by atoms with Gasteiger partial charge >= 0.3 is 0 Å². The van der Waals surface area contributed by atoms with E-state index in [-0.39, 0.29) is 10.7 Å². The average Bonchev–Trinajstić information content (AvgIpc) is 2.27. The van der Waals surface area contributed by atoms with Gasteiger partial charge in [-0.1, -0.05) is 77.1 Å². The fraction of sp³-hybridized carbons (Fsp3) is 0.765. The second-order valence-corrected chi connectivity index (χ2v) is 6.60. The maximum Gasteiger partial charge on any atom is 0.0746 e. The highest BCUT2D eigenvalue weighted by Crippen LogP contribution is 2.46. The molecule has 0 amide bonds. The van der Waals surface area contributed by atoms with Crippen molar-refractivity contribution in [2.24, 2.45) is 5.41 Å². The average molecular weight is 246 g/mol. The lowest BCUT2D eigenvalue weighted by Crippen LogP contribution is -2.26. The summed E-state index contributed by atoms with van der Waals surface area (Å²) in [6.45, 7) is 13.0. The standard InChI is InChI=1S/C14H23B.C3H8/c1-13(2,14(3,4)15)11-10-12-8-6-5-7-9-12;1-3-2/h5-6,8H,7,9-11H2,1-4H3;3H2,1-2H3. The zero-order valence-corrected chi connectivity index (χ0v) is 13.3. The molecule has 0 atom stereocenters. The number of hydrogen-bond acceptors (Lipinski definition) is 0. The third-order valence-electron chi connectivity index (χ3n) is 3.92. The molecule has 2 radical (unpaired) electrons. The Morgan fingerprint density at radius 2 is 1.72 bits per heavy atom. The van der Waals surface area contributed by atoms with E-state index in [9.17, 15) is 0 Å². The summed E-state index contributed by atoms with van der Waals surface area (Å²) < 4.78 is 0. The first-order valence-electron chi connectivity index (χ1n) is 7.38. The Kier molecular flexibility index (Phi) is 7.67. The Bertz CT molecular complexity index is 276. The van der Waals surface area contributed by atoms with Crippen molar-refractivity contribution in [3.05, 3.63) is 23.8 Å². The number of rotatable bonds is 4. The highest BCUT2D eigenvalue weighted by atomic mass is 14.3. The van der Waals surface area contributed by atoms with Crippen molar-refractivity contribution in [3.8, 4) is 0 Å². The quantitative estimate of drug-likeness (QED) is 0.545. The van der Waals surface area contributed by atoms with Crippen molar-refractivity contribution in [1.29, 1.82) is 0 Å². The zero-order valence-electron chi connectivity index (χ0n) is 13.3. The zero-order chi connectivity index (χ0) is 14.2. The van der Waals surface area contributed by atoms with E-state index in [1.165, 1.54) is 32.1 Å². The molecule has 0 nitrogen and oxygen atoms in total. The van der Waals surface area contributed by atoms with Gasteiger partial charge in [0, 0.05) is 0 Å². The van der Waals surface area contributed by atoms with Crippen LogP contribution in [0.5, 0.6) is 0 Å². The van der Waals surface area contributed by atoms with Crippen LogP contribution in [0, 0.1) is 5.41 Å². The molecule has 0 heterocycles. The van der Waals surface area contributed by atoms with Crippen molar-refractivity contribution in [2.75, 3.05) is 0 Å². The van der Waals surface area contributed by atoms with Crippen LogP contribution in [-0.4, -0.2) is 7.85 Å². The van der Waals surface area contributed by atoms with Gasteiger partial charge in [0.15, 0.2) is 0 Å². The maximum absolute atomic E-state index is 6.20. The van der Waals surface area contributed by atoms with E-state index in [0.29, 0.717) is 0 Å². The summed E-state index contributed by atoms with van der Waals surface area (Å²) in [6, 6.07) is 0. The molecule has 0 aliphatic heterocycles. The van der Waals surface area contributed by atoms with Crippen LogP contribution in [-0.2, 0) is 0 Å². The lowest BCUT2D eigenvalue weighted by Gasteiger charge is -2.40. The lowest BCUT2D eigenvalue weighted by molar-refractivity contribution is 0.245. The van der Waals surface area contributed by atoms with E-state index in [1.807, 2.05) is 0 Å². The molecule has 0 N–H and O–H groups in total. The predicted molar refractivity (Wildman–Crippen MR) is 85.2 cm³/mol. The van der Waals surface area contributed by atoms with Gasteiger partial charge in [0.05, 0.1) is 7.85 Å². The van der Waals surface area contributed by atoms with Crippen LogP contribution in [0.15, 0.2) is 23.8 Å². The van der Waals surface area contributed by atoms with Gasteiger partial charge < -0.3 is 0 Å². The predicted octanol–water partition coefficient (Wildman–Crippen LogP) is 5.85. The van der Waals surface area contributed by atoms with E-state index in [1.54, 1.807) is 5.57 Å². The third-order valence-corrected chi connectivity index (χ3v) is 3.92. The van der Waals surface area contributed by atoms with Gasteiger partial charge in [-0.05, 0) is 31.1 Å². The molecule has 102 valence electrons. The molecule has 1 aliphatic rings. The van der Waals surface area contributed by atoms with Crippen molar-refractivity contribution in [3.63, 3.8) is 0 Å². The molecule has 0 unspecified atom stereocenters. The normalized spacial score (nSPS) is 15.8. The van der Waals surface area contributed by atoms with Crippen LogP contribution >= 0.6 is 0 Å². The van der Waals surface area contributed by atoms with Gasteiger partial charge in [-0.3, -0.25) is 0 Å². The van der Waals surface area contributed by atoms with E-state index in [2.05, 4.69) is 59.8 Å². The van der Waals surface area contributed by atoms with Crippen LogP contribution in [0.4, 0.5) is 0 Å². The summed E-state index contributed by atoms with van der Waals surface area (Å²) in [5, 5.41) is -0.0991. The second-order valence-electron chi connectivity index (χ2n) is 6.60. The maximum atomic E-state index is 6.20. The van der Waals surface area contributed by atoms with E-state index >= 15 is 0 Å². The molecular formula is C17H31B. The topological polar surface area (TPSA) is 0 Å². The van der Waals surface area contributed by atoms with Crippen LogP contribution in [0.2, 0.25) is 5.31 Å². The second kappa shape index (κ2) is 7.87. The monoisotopic (exact) mass is 246 g/mol. The van der Waals surface area contributed by atoms with Crippen LogP contribution in [0.25, 0.3) is 0 Å². The van der Waals surface area contributed by atoms with Gasteiger partial charge in [-0.2, -0.15) is 0 Å². The summed E-state index contributed by atoms with van der Waals surface area (Å²) in [5.41, 5.74) is 1.78. The molecule has 0 bridgehead atoms. The molecule has 0 aromatic rings. The van der Waals surface area contributed by atoms with Crippen LogP contribution in [0.3, 0.4) is 0 Å². The highest BCUT2D eigenvalue weighted by molar-refractivity contribution is 6.15. The first kappa shape index (κ1) is 17.5. The molecule has 1 aliphatic carbocycles. The molecule has 0 aromatic heterocycles. The van der Waals surface area contributed by atoms with Crippen LogP contribution < -0.4 is 0 Å². The summed E-state index contributed by atoms with van der Waals surface area (Å²) in [4.78, 5) is 0. The molecule has 0 aromatic carbocycles. The molecular weight excluding hydrogens is 215 g/mol. The van der Waals surface area contributed by atoms with E-state index in [4.69, 9.17) is 7.85 Å². The molecule has 0 fully saturated rings. The van der Waals surface area contributed by atoms with Gasteiger partial charge in [-0.25, -0.2) is 0 Å². The summed E-state index contributed by atoms with van der Waals surface area (Å²) in [6.07, 6.45) is 12.7. The van der Waals surface area contributed by atoms with Crippen LogP contribution in [0.1, 0.15) is 73.6 Å². The summed E-state index contributed by atoms with van der Waals surface area (Å²) >= 11 is 0.